The maximum absolute atomic E-state index is 11.7. The molecule has 0 aromatic carbocycles. The first-order valence-corrected chi connectivity index (χ1v) is 6.91. The molecule has 1 aliphatic rings. The molecule has 1 rings (SSSR count). The summed E-state index contributed by atoms with van der Waals surface area (Å²) < 4.78 is 14.3. The molecular weight excluding hydrogens is 362 g/mol. The Kier molecular flexibility index (Phi) is 5.61. The van der Waals surface area contributed by atoms with E-state index in [1.165, 1.54) is 0 Å². The fourth-order valence-corrected chi connectivity index (χ4v) is 2.67. The van der Waals surface area contributed by atoms with E-state index in [0.29, 0.717) is 6.08 Å². The number of hydrogen-bond donors (Lipinski definition) is 0. The van der Waals surface area contributed by atoms with Crippen molar-refractivity contribution < 1.29 is 38.6 Å². The maximum atomic E-state index is 11.7. The number of carbonyl (C=O) groups is 2. The zero-order chi connectivity index (χ0) is 20.4. The van der Waals surface area contributed by atoms with Crippen molar-refractivity contribution in [3.05, 3.63) is 42.1 Å². The third-order valence-corrected chi connectivity index (χ3v) is 3.75. The van der Waals surface area contributed by atoms with Crippen molar-refractivity contribution in [3.63, 3.8) is 0 Å². The van der Waals surface area contributed by atoms with Crippen LogP contribution < -0.4 is 0 Å². The van der Waals surface area contributed by atoms with Crippen molar-refractivity contribution in [2.24, 2.45) is 0 Å². The number of ether oxygens (including phenoxy) is 3. The minimum absolute atomic E-state index is 0.410. The van der Waals surface area contributed by atoms with E-state index in [1.807, 2.05) is 0 Å². The van der Waals surface area contributed by atoms with Crippen LogP contribution in [0.3, 0.4) is 0 Å². The molecule has 14 nitrogen and oxygen atoms in total. The van der Waals surface area contributed by atoms with Crippen molar-refractivity contribution >= 4 is 11.9 Å². The van der Waals surface area contributed by atoms with Crippen molar-refractivity contribution in [1.82, 2.24) is 0 Å². The van der Waals surface area contributed by atoms with Gasteiger partial charge >= 0.3 is 29.5 Å². The van der Waals surface area contributed by atoms with Gasteiger partial charge in [-0.15, -0.1) is 0 Å². The fourth-order valence-electron chi connectivity index (χ4n) is 2.67. The van der Waals surface area contributed by atoms with Crippen LogP contribution >= 0.6 is 0 Å². The predicted octanol–water partition coefficient (Wildman–Crippen LogP) is -0.321. The molecule has 0 unspecified atom stereocenters. The topological polar surface area (TPSA) is 191 Å². The van der Waals surface area contributed by atoms with Gasteiger partial charge in [-0.2, -0.15) is 0 Å². The van der Waals surface area contributed by atoms with Crippen LogP contribution in [0.15, 0.2) is 11.8 Å². The van der Waals surface area contributed by atoms with E-state index < -0.39 is 55.9 Å². The first-order valence-electron chi connectivity index (χ1n) is 6.91. The SMILES string of the molecule is CO[C@]1(OC(C)=O)C([N+](=O)[O-])=C[C@](C)([N+](=O)[O-])[C@H](OC(C)=O)[C@@H]1[N+](=O)[O-]. The van der Waals surface area contributed by atoms with Crippen molar-refractivity contribution in [3.8, 4) is 0 Å². The highest BCUT2D eigenvalue weighted by Crippen LogP contribution is 2.42. The van der Waals surface area contributed by atoms with Gasteiger partial charge in [-0.1, -0.05) is 0 Å². The molecule has 26 heavy (non-hydrogen) atoms. The molecule has 0 radical (unpaired) electrons. The summed E-state index contributed by atoms with van der Waals surface area (Å²) in [5, 5.41) is 34.6. The summed E-state index contributed by atoms with van der Waals surface area (Å²) in [5.74, 6) is -5.27. The van der Waals surface area contributed by atoms with Crippen molar-refractivity contribution in [2.45, 2.75) is 44.2 Å². The third-order valence-electron chi connectivity index (χ3n) is 3.75. The second kappa shape index (κ2) is 6.99. The Morgan fingerprint density at radius 1 is 1.12 bits per heavy atom. The molecule has 0 N–H and O–H groups in total. The van der Waals surface area contributed by atoms with Gasteiger partial charge in [0.05, 0.1) is 11.0 Å². The Hall–Kier alpha value is -3.16. The van der Waals surface area contributed by atoms with Gasteiger partial charge < -0.3 is 14.2 Å². The Bertz CT molecular complexity index is 705. The van der Waals surface area contributed by atoms with Gasteiger partial charge in [-0.05, 0) is 0 Å². The number of nitro groups is 3. The smallest absolute Gasteiger partial charge is 0.378 e. The molecule has 0 spiro atoms. The third kappa shape index (κ3) is 3.30. The summed E-state index contributed by atoms with van der Waals surface area (Å²) in [5.41, 5.74) is -3.80. The van der Waals surface area contributed by atoms with E-state index in [9.17, 15) is 39.9 Å². The fraction of sp³-hybridized carbons (Fsp3) is 0.667. The summed E-state index contributed by atoms with van der Waals surface area (Å²) >= 11 is 0. The minimum Gasteiger partial charge on any atom is -0.447 e. The molecule has 0 saturated heterocycles. The average Bonchev–Trinajstić information content (AvgIpc) is 2.48. The van der Waals surface area contributed by atoms with E-state index in [2.05, 4.69) is 0 Å². The van der Waals surface area contributed by atoms with Crippen LogP contribution in [0, 0.1) is 30.3 Å². The molecular formula is C12H15N3O11. The molecule has 0 saturated carbocycles. The zero-order valence-electron chi connectivity index (χ0n) is 14.1. The van der Waals surface area contributed by atoms with Crippen LogP contribution in [-0.2, 0) is 23.8 Å². The van der Waals surface area contributed by atoms with Crippen LogP contribution in [0.2, 0.25) is 0 Å². The number of hydrogen-bond acceptors (Lipinski definition) is 11. The molecule has 0 bridgehead atoms. The average molecular weight is 377 g/mol. The van der Waals surface area contributed by atoms with Crippen LogP contribution in [0.25, 0.3) is 0 Å². The second-order valence-corrected chi connectivity index (χ2v) is 5.50. The Labute approximate surface area is 145 Å². The Balaban J connectivity index is 3.93. The van der Waals surface area contributed by atoms with Gasteiger partial charge in [-0.25, -0.2) is 0 Å². The van der Waals surface area contributed by atoms with E-state index in [0.717, 1.165) is 27.9 Å². The lowest BCUT2D eigenvalue weighted by Gasteiger charge is -2.39. The summed E-state index contributed by atoms with van der Waals surface area (Å²) in [4.78, 5) is 53.9. The standard InChI is InChI=1S/C12H15N3O11/c1-6(16)25-10-9(14(20)21)12(24-4,26-7(2)17)8(13(18)19)5-11(10,3)15(22)23/h5,9-10H,1-4H3/t9-,10+,11-,12-/m0/s1. The van der Waals surface area contributed by atoms with E-state index >= 15 is 0 Å². The van der Waals surface area contributed by atoms with Gasteiger partial charge in [0.25, 0.3) is 5.54 Å². The summed E-state index contributed by atoms with van der Waals surface area (Å²) in [7, 11) is 0.774. The highest BCUT2D eigenvalue weighted by molar-refractivity contribution is 5.68. The lowest BCUT2D eigenvalue weighted by Crippen LogP contribution is -2.69. The lowest BCUT2D eigenvalue weighted by atomic mass is 9.78. The predicted molar refractivity (Wildman–Crippen MR) is 78.3 cm³/mol. The number of methoxy groups -OCH3 is 1. The second-order valence-electron chi connectivity index (χ2n) is 5.50. The zero-order valence-corrected chi connectivity index (χ0v) is 14.1. The van der Waals surface area contributed by atoms with Crippen molar-refractivity contribution in [2.75, 3.05) is 7.11 Å². The Morgan fingerprint density at radius 2 is 1.65 bits per heavy atom. The number of rotatable bonds is 6. The molecule has 14 heteroatoms. The Morgan fingerprint density at radius 3 is 1.96 bits per heavy atom. The lowest BCUT2D eigenvalue weighted by molar-refractivity contribution is -0.629. The molecule has 0 amide bonds. The normalized spacial score (nSPS) is 30.7. The first kappa shape index (κ1) is 20.9. The van der Waals surface area contributed by atoms with Gasteiger partial charge in [0.1, 0.15) is 0 Å². The van der Waals surface area contributed by atoms with E-state index in [-0.39, 0.29) is 0 Å². The van der Waals surface area contributed by atoms with Gasteiger partial charge in [0, 0.05) is 37.7 Å². The summed E-state index contributed by atoms with van der Waals surface area (Å²) in [6.07, 6.45) is -1.76. The molecule has 0 fully saturated rings. The molecule has 144 valence electrons. The van der Waals surface area contributed by atoms with Crippen LogP contribution in [0.5, 0.6) is 0 Å². The molecule has 1 aliphatic carbocycles. The summed E-state index contributed by atoms with van der Waals surface area (Å²) in [6, 6.07) is -2.49. The van der Waals surface area contributed by atoms with Crippen molar-refractivity contribution in [1.29, 1.82) is 0 Å². The van der Waals surface area contributed by atoms with E-state index in [1.54, 1.807) is 0 Å². The number of esters is 2. The maximum Gasteiger partial charge on any atom is 0.378 e. The number of carbonyl (C=O) groups excluding carboxylic acids is 2. The van der Waals surface area contributed by atoms with Crippen LogP contribution in [-0.4, -0.2) is 57.3 Å². The number of nitrogens with zero attached hydrogens (tertiary/aromatic N) is 3. The molecule has 0 heterocycles. The monoisotopic (exact) mass is 377 g/mol. The van der Waals surface area contributed by atoms with Gasteiger partial charge in [-0.3, -0.25) is 39.9 Å². The quantitative estimate of drug-likeness (QED) is 0.255. The highest BCUT2D eigenvalue weighted by atomic mass is 16.7. The van der Waals surface area contributed by atoms with Crippen LogP contribution in [0.4, 0.5) is 0 Å². The first-order chi connectivity index (χ1) is 11.8. The largest absolute Gasteiger partial charge is 0.447 e. The molecule has 0 aromatic rings. The minimum atomic E-state index is -2.95. The van der Waals surface area contributed by atoms with Crippen LogP contribution in [0.1, 0.15) is 20.8 Å². The molecule has 0 aliphatic heterocycles. The molecule has 4 atom stereocenters. The highest BCUT2D eigenvalue weighted by Gasteiger charge is 2.75. The molecule has 0 aromatic heterocycles. The van der Waals surface area contributed by atoms with E-state index in [4.69, 9.17) is 14.2 Å². The van der Waals surface area contributed by atoms with Gasteiger partial charge in [0.2, 0.25) is 6.10 Å². The summed E-state index contributed by atoms with van der Waals surface area (Å²) in [6.45, 7) is 2.44. The van der Waals surface area contributed by atoms with Gasteiger partial charge in [0.15, 0.2) is 0 Å².